The van der Waals surface area contributed by atoms with Crippen LogP contribution in [0.25, 0.3) is 11.1 Å². The normalized spacial score (nSPS) is 17.9. The average molecular weight is 472 g/mol. The van der Waals surface area contributed by atoms with Crippen molar-refractivity contribution in [2.75, 3.05) is 13.1 Å². The highest BCUT2D eigenvalue weighted by Gasteiger charge is 2.41. The molecule has 0 aliphatic carbocycles. The maximum atomic E-state index is 12.4. The summed E-state index contributed by atoms with van der Waals surface area (Å²) in [5, 5.41) is 0.874. The van der Waals surface area contributed by atoms with Crippen molar-refractivity contribution in [1.82, 2.24) is 4.90 Å². The molecule has 1 saturated heterocycles. The number of ether oxygens (including phenoxy) is 2. The Hall–Kier alpha value is -2.01. The van der Waals surface area contributed by atoms with Crippen molar-refractivity contribution in [2.24, 2.45) is 0 Å². The summed E-state index contributed by atoms with van der Waals surface area (Å²) in [6.07, 6.45) is 3.48. The third kappa shape index (κ3) is 4.66. The topological polar surface area (TPSA) is 38.8 Å². The molecule has 0 atom stereocenters. The van der Waals surface area contributed by atoms with Gasteiger partial charge in [-0.15, -0.1) is 0 Å². The molecule has 2 aliphatic heterocycles. The molecular formula is C25H30BrNO3. The van der Waals surface area contributed by atoms with Crippen molar-refractivity contribution >= 4 is 22.0 Å². The summed E-state index contributed by atoms with van der Waals surface area (Å²) < 4.78 is 12.1. The van der Waals surface area contributed by atoms with Crippen LogP contribution in [0.5, 0.6) is 5.75 Å². The van der Waals surface area contributed by atoms with Crippen LogP contribution in [0.4, 0.5) is 4.79 Å². The van der Waals surface area contributed by atoms with Gasteiger partial charge in [0.15, 0.2) is 0 Å². The van der Waals surface area contributed by atoms with E-state index < -0.39 is 5.60 Å². The molecule has 4 nitrogen and oxygen atoms in total. The number of carbonyl (C=O) groups excluding carboxylic acids is 1. The first-order valence-electron chi connectivity index (χ1n) is 10.7. The molecule has 2 aliphatic rings. The summed E-state index contributed by atoms with van der Waals surface area (Å²) in [6, 6.07) is 15.2. The van der Waals surface area contributed by atoms with Gasteiger partial charge in [0.1, 0.15) is 17.0 Å². The number of piperidine rings is 1. The molecule has 0 unspecified atom stereocenters. The number of fused-ring (bicyclic) bond motifs is 1. The number of hydrogen-bond donors (Lipinski definition) is 0. The molecule has 2 heterocycles. The van der Waals surface area contributed by atoms with Crippen LogP contribution in [0, 0.1) is 0 Å². The minimum atomic E-state index is -0.460. The van der Waals surface area contributed by atoms with Crippen LogP contribution < -0.4 is 4.74 Å². The fourth-order valence-electron chi connectivity index (χ4n) is 4.26. The molecule has 0 saturated carbocycles. The van der Waals surface area contributed by atoms with E-state index in [9.17, 15) is 4.79 Å². The molecule has 4 rings (SSSR count). The minimum Gasteiger partial charge on any atom is -0.487 e. The zero-order valence-electron chi connectivity index (χ0n) is 18.0. The average Bonchev–Trinajstić information content (AvgIpc) is 2.73. The summed E-state index contributed by atoms with van der Waals surface area (Å²) in [4.78, 5) is 14.2. The first-order chi connectivity index (χ1) is 14.3. The number of likely N-dealkylation sites (tertiary alicyclic amines) is 1. The smallest absolute Gasteiger partial charge is 0.410 e. The highest BCUT2D eigenvalue weighted by molar-refractivity contribution is 9.08. The molecule has 1 amide bonds. The molecule has 5 heteroatoms. The maximum Gasteiger partial charge on any atom is 0.410 e. The molecule has 0 aromatic heterocycles. The largest absolute Gasteiger partial charge is 0.487 e. The highest BCUT2D eigenvalue weighted by Crippen LogP contribution is 2.41. The van der Waals surface area contributed by atoms with Crippen molar-refractivity contribution < 1.29 is 14.3 Å². The second-order valence-corrected chi connectivity index (χ2v) is 9.97. The van der Waals surface area contributed by atoms with E-state index >= 15 is 0 Å². The number of rotatable bonds is 2. The van der Waals surface area contributed by atoms with E-state index in [1.54, 1.807) is 0 Å². The summed E-state index contributed by atoms with van der Waals surface area (Å²) in [5.41, 5.74) is 4.39. The van der Waals surface area contributed by atoms with E-state index in [-0.39, 0.29) is 11.7 Å². The summed E-state index contributed by atoms with van der Waals surface area (Å²) in [7, 11) is 0. The fourth-order valence-corrected chi connectivity index (χ4v) is 4.64. The van der Waals surface area contributed by atoms with Crippen LogP contribution in [-0.4, -0.2) is 35.3 Å². The van der Waals surface area contributed by atoms with E-state index in [0.29, 0.717) is 13.1 Å². The third-order valence-corrected chi connectivity index (χ3v) is 6.65. The van der Waals surface area contributed by atoms with E-state index in [2.05, 4.69) is 58.4 Å². The molecule has 30 heavy (non-hydrogen) atoms. The Balaban J connectivity index is 1.42. The Kier molecular flexibility index (Phi) is 5.84. The monoisotopic (exact) mass is 471 g/mol. The van der Waals surface area contributed by atoms with E-state index in [0.717, 1.165) is 36.8 Å². The van der Waals surface area contributed by atoms with Crippen molar-refractivity contribution in [3.8, 4) is 16.9 Å². The van der Waals surface area contributed by atoms with Crippen LogP contribution in [0.15, 0.2) is 42.5 Å². The first kappa shape index (κ1) is 21.2. The van der Waals surface area contributed by atoms with Crippen molar-refractivity contribution in [2.45, 2.75) is 63.0 Å². The Labute approximate surface area is 187 Å². The lowest BCUT2D eigenvalue weighted by molar-refractivity contribution is -0.0272. The van der Waals surface area contributed by atoms with Gasteiger partial charge in [0.2, 0.25) is 0 Å². The van der Waals surface area contributed by atoms with Gasteiger partial charge < -0.3 is 14.4 Å². The number of halogens is 1. The SMILES string of the molecule is CC(C)(C)OC(=O)N1CCC2(CCc3cc(-c4ccc(CBr)cc4)ccc3O2)CC1. The molecular weight excluding hydrogens is 442 g/mol. The molecule has 0 N–H and O–H groups in total. The summed E-state index contributed by atoms with van der Waals surface area (Å²) >= 11 is 3.50. The Morgan fingerprint density at radius 3 is 2.37 bits per heavy atom. The predicted molar refractivity (Wildman–Crippen MR) is 123 cm³/mol. The van der Waals surface area contributed by atoms with Crippen LogP contribution >= 0.6 is 15.9 Å². The fraction of sp³-hybridized carbons (Fsp3) is 0.480. The Bertz CT molecular complexity index is 909. The van der Waals surface area contributed by atoms with Crippen LogP contribution in [0.2, 0.25) is 0 Å². The molecule has 1 spiro atoms. The number of aryl methyl sites for hydroxylation is 1. The van der Waals surface area contributed by atoms with Crippen molar-refractivity contribution in [3.63, 3.8) is 0 Å². The molecule has 0 radical (unpaired) electrons. The number of amides is 1. The van der Waals surface area contributed by atoms with Gasteiger partial charge in [0, 0.05) is 31.3 Å². The Morgan fingerprint density at radius 2 is 1.73 bits per heavy atom. The molecule has 2 aromatic rings. The number of nitrogens with zero attached hydrogens (tertiary/aromatic N) is 1. The van der Waals surface area contributed by atoms with Gasteiger partial charge in [-0.2, -0.15) is 0 Å². The number of benzene rings is 2. The number of alkyl halides is 1. The van der Waals surface area contributed by atoms with Crippen LogP contribution in [0.1, 0.15) is 51.2 Å². The van der Waals surface area contributed by atoms with E-state index in [1.807, 2.05) is 25.7 Å². The Morgan fingerprint density at radius 1 is 1.07 bits per heavy atom. The highest BCUT2D eigenvalue weighted by atomic mass is 79.9. The van der Waals surface area contributed by atoms with Crippen LogP contribution in [0.3, 0.4) is 0 Å². The second kappa shape index (κ2) is 8.26. The summed E-state index contributed by atoms with van der Waals surface area (Å²) in [5.74, 6) is 0.993. The van der Waals surface area contributed by atoms with Gasteiger partial charge in [-0.1, -0.05) is 46.3 Å². The lowest BCUT2D eigenvalue weighted by Gasteiger charge is -2.44. The predicted octanol–water partition coefficient (Wildman–Crippen LogP) is 6.34. The lowest BCUT2D eigenvalue weighted by atomic mass is 9.82. The van der Waals surface area contributed by atoms with Crippen molar-refractivity contribution in [1.29, 1.82) is 0 Å². The third-order valence-electron chi connectivity index (χ3n) is 6.00. The number of carbonyl (C=O) groups is 1. The molecule has 160 valence electrons. The summed E-state index contributed by atoms with van der Waals surface area (Å²) in [6.45, 7) is 7.08. The van der Waals surface area contributed by atoms with Gasteiger partial charge in [-0.05, 0) is 68.0 Å². The zero-order valence-corrected chi connectivity index (χ0v) is 19.6. The second-order valence-electron chi connectivity index (χ2n) is 9.41. The zero-order chi connectivity index (χ0) is 21.4. The lowest BCUT2D eigenvalue weighted by Crippen LogP contribution is -2.52. The van der Waals surface area contributed by atoms with Crippen LogP contribution in [-0.2, 0) is 16.5 Å². The minimum absolute atomic E-state index is 0.162. The van der Waals surface area contributed by atoms with Gasteiger partial charge in [-0.25, -0.2) is 4.79 Å². The molecule has 1 fully saturated rings. The van der Waals surface area contributed by atoms with E-state index in [4.69, 9.17) is 9.47 Å². The standard InChI is InChI=1S/C25H30BrNO3/c1-24(2,3)30-23(28)27-14-12-25(13-15-27)11-10-21-16-20(8-9-22(21)29-25)19-6-4-18(17-26)5-7-19/h4-9,16H,10-15,17H2,1-3H3. The number of hydrogen-bond acceptors (Lipinski definition) is 3. The van der Waals surface area contributed by atoms with Gasteiger partial charge in [0.25, 0.3) is 0 Å². The first-order valence-corrected chi connectivity index (χ1v) is 11.8. The quantitative estimate of drug-likeness (QED) is 0.479. The van der Waals surface area contributed by atoms with Gasteiger partial charge in [0.05, 0.1) is 0 Å². The molecule has 2 aromatic carbocycles. The van der Waals surface area contributed by atoms with Gasteiger partial charge in [-0.3, -0.25) is 0 Å². The molecule has 0 bridgehead atoms. The van der Waals surface area contributed by atoms with Gasteiger partial charge >= 0.3 is 6.09 Å². The van der Waals surface area contributed by atoms with E-state index in [1.165, 1.54) is 22.3 Å². The van der Waals surface area contributed by atoms with Crippen molar-refractivity contribution in [3.05, 3.63) is 53.6 Å². The maximum absolute atomic E-state index is 12.4.